The summed E-state index contributed by atoms with van der Waals surface area (Å²) in [6.07, 6.45) is 1.93. The van der Waals surface area contributed by atoms with Gasteiger partial charge >= 0.3 is 0 Å². The summed E-state index contributed by atoms with van der Waals surface area (Å²) in [4.78, 5) is 26.6. The summed E-state index contributed by atoms with van der Waals surface area (Å²) >= 11 is 0. The van der Waals surface area contributed by atoms with Crippen LogP contribution in [-0.2, 0) is 4.79 Å². The molecular weight excluding hydrogens is 352 g/mol. The fraction of sp³-hybridized carbons (Fsp3) is 0.391. The zero-order valence-electron chi connectivity index (χ0n) is 16.6. The largest absolute Gasteiger partial charge is 0.493 e. The van der Waals surface area contributed by atoms with Crippen molar-refractivity contribution < 1.29 is 14.3 Å². The third-order valence-corrected chi connectivity index (χ3v) is 5.14. The van der Waals surface area contributed by atoms with Crippen LogP contribution < -0.4 is 10.1 Å². The standard InChI is InChI=1S/C23H28N2O3/c1-17-8-9-18(2)21(16-17)28-15-12-22(26)25-13-10-20(11-14-25)24-23(27)19-6-4-3-5-7-19/h3-9,16,20H,10-15H2,1-2H3,(H,24,27). The van der Waals surface area contributed by atoms with E-state index in [0.29, 0.717) is 31.7 Å². The van der Waals surface area contributed by atoms with Crippen LogP contribution in [0.15, 0.2) is 48.5 Å². The van der Waals surface area contributed by atoms with Gasteiger partial charge in [-0.1, -0.05) is 30.3 Å². The van der Waals surface area contributed by atoms with Crippen molar-refractivity contribution in [3.05, 3.63) is 65.2 Å². The lowest BCUT2D eigenvalue weighted by Gasteiger charge is -2.32. The zero-order chi connectivity index (χ0) is 19.9. The van der Waals surface area contributed by atoms with Crippen molar-refractivity contribution in [1.29, 1.82) is 0 Å². The second-order valence-electron chi connectivity index (χ2n) is 7.36. The van der Waals surface area contributed by atoms with Gasteiger partial charge in [-0.3, -0.25) is 9.59 Å². The normalized spacial score (nSPS) is 14.6. The lowest BCUT2D eigenvalue weighted by Crippen LogP contribution is -2.46. The highest BCUT2D eigenvalue weighted by atomic mass is 16.5. The number of carbonyl (C=O) groups excluding carboxylic acids is 2. The first kappa shape index (κ1) is 19.9. The minimum absolute atomic E-state index is 0.0488. The topological polar surface area (TPSA) is 58.6 Å². The predicted molar refractivity (Wildman–Crippen MR) is 110 cm³/mol. The van der Waals surface area contributed by atoms with Crippen molar-refractivity contribution in [2.24, 2.45) is 0 Å². The Labute approximate surface area is 166 Å². The van der Waals surface area contributed by atoms with E-state index in [1.807, 2.05) is 67.3 Å². The van der Waals surface area contributed by atoms with E-state index in [-0.39, 0.29) is 17.9 Å². The molecule has 0 bridgehead atoms. The fourth-order valence-corrected chi connectivity index (χ4v) is 3.40. The van der Waals surface area contributed by atoms with E-state index >= 15 is 0 Å². The number of piperidine rings is 1. The molecule has 3 rings (SSSR count). The molecule has 1 saturated heterocycles. The molecule has 5 nitrogen and oxygen atoms in total. The van der Waals surface area contributed by atoms with Gasteiger partial charge < -0.3 is 15.0 Å². The van der Waals surface area contributed by atoms with Crippen molar-refractivity contribution in [2.75, 3.05) is 19.7 Å². The van der Waals surface area contributed by atoms with Crippen molar-refractivity contribution in [3.63, 3.8) is 0 Å². The highest BCUT2D eigenvalue weighted by Gasteiger charge is 2.24. The molecule has 0 saturated carbocycles. The zero-order valence-corrected chi connectivity index (χ0v) is 16.6. The second-order valence-corrected chi connectivity index (χ2v) is 7.36. The molecule has 1 aliphatic heterocycles. The molecule has 2 aromatic carbocycles. The second kappa shape index (κ2) is 9.40. The summed E-state index contributed by atoms with van der Waals surface area (Å²) in [6.45, 7) is 5.75. The first-order valence-electron chi connectivity index (χ1n) is 9.86. The minimum atomic E-state index is -0.0488. The number of hydrogen-bond donors (Lipinski definition) is 1. The third-order valence-electron chi connectivity index (χ3n) is 5.14. The Hall–Kier alpha value is -2.82. The molecular formula is C23H28N2O3. The first-order chi connectivity index (χ1) is 13.5. The molecule has 1 heterocycles. The molecule has 0 aliphatic carbocycles. The van der Waals surface area contributed by atoms with Gasteiger partial charge in [0.25, 0.3) is 5.91 Å². The van der Waals surface area contributed by atoms with E-state index in [1.54, 1.807) is 0 Å². The number of amides is 2. The Kier molecular flexibility index (Phi) is 6.69. The number of rotatable bonds is 6. The van der Waals surface area contributed by atoms with E-state index in [2.05, 4.69) is 5.32 Å². The van der Waals surface area contributed by atoms with E-state index < -0.39 is 0 Å². The SMILES string of the molecule is Cc1ccc(C)c(OCCC(=O)N2CCC(NC(=O)c3ccccc3)CC2)c1. The van der Waals surface area contributed by atoms with Crippen molar-refractivity contribution in [2.45, 2.75) is 39.2 Å². The quantitative estimate of drug-likeness (QED) is 0.835. The maximum Gasteiger partial charge on any atom is 0.251 e. The summed E-state index contributed by atoms with van der Waals surface area (Å²) < 4.78 is 5.80. The van der Waals surface area contributed by atoms with E-state index in [4.69, 9.17) is 4.74 Å². The van der Waals surface area contributed by atoms with Gasteiger partial charge in [-0.05, 0) is 56.0 Å². The van der Waals surface area contributed by atoms with Gasteiger partial charge in [0, 0.05) is 24.7 Å². The predicted octanol–water partition coefficient (Wildman–Crippen LogP) is 3.49. The van der Waals surface area contributed by atoms with Gasteiger partial charge in [0.2, 0.25) is 5.91 Å². The van der Waals surface area contributed by atoms with E-state index in [0.717, 1.165) is 29.7 Å². The number of benzene rings is 2. The summed E-state index contributed by atoms with van der Waals surface area (Å²) in [7, 11) is 0. The minimum Gasteiger partial charge on any atom is -0.493 e. The van der Waals surface area contributed by atoms with Crippen LogP contribution in [0, 0.1) is 13.8 Å². The molecule has 148 valence electrons. The molecule has 1 N–H and O–H groups in total. The van der Waals surface area contributed by atoms with E-state index in [1.165, 1.54) is 0 Å². The number of hydrogen-bond acceptors (Lipinski definition) is 3. The lowest BCUT2D eigenvalue weighted by molar-refractivity contribution is -0.132. The highest BCUT2D eigenvalue weighted by Crippen LogP contribution is 2.19. The van der Waals surface area contributed by atoms with Gasteiger partial charge in [0.1, 0.15) is 5.75 Å². The van der Waals surface area contributed by atoms with Gasteiger partial charge in [0.05, 0.1) is 13.0 Å². The van der Waals surface area contributed by atoms with Crippen LogP contribution in [-0.4, -0.2) is 42.5 Å². The van der Waals surface area contributed by atoms with Crippen LogP contribution in [0.1, 0.15) is 40.7 Å². The molecule has 0 spiro atoms. The Morgan fingerprint density at radius 1 is 1.07 bits per heavy atom. The fourth-order valence-electron chi connectivity index (χ4n) is 3.40. The molecule has 0 atom stereocenters. The number of nitrogens with zero attached hydrogens (tertiary/aromatic N) is 1. The van der Waals surface area contributed by atoms with Gasteiger partial charge in [-0.2, -0.15) is 0 Å². The number of aryl methyl sites for hydroxylation is 2. The van der Waals surface area contributed by atoms with Gasteiger partial charge in [-0.15, -0.1) is 0 Å². The molecule has 0 unspecified atom stereocenters. The molecule has 0 radical (unpaired) electrons. The van der Waals surface area contributed by atoms with Crippen LogP contribution in [0.2, 0.25) is 0 Å². The maximum absolute atomic E-state index is 12.4. The third kappa shape index (κ3) is 5.35. The monoisotopic (exact) mass is 380 g/mol. The van der Waals surface area contributed by atoms with Crippen LogP contribution in [0.4, 0.5) is 0 Å². The lowest BCUT2D eigenvalue weighted by atomic mass is 10.0. The number of nitrogens with one attached hydrogen (secondary N) is 1. The molecule has 0 aromatic heterocycles. The van der Waals surface area contributed by atoms with Crippen molar-refractivity contribution in [1.82, 2.24) is 10.2 Å². The average molecular weight is 380 g/mol. The summed E-state index contributed by atoms with van der Waals surface area (Å²) in [6, 6.07) is 15.4. The van der Waals surface area contributed by atoms with Crippen LogP contribution >= 0.6 is 0 Å². The number of carbonyl (C=O) groups is 2. The Morgan fingerprint density at radius 2 is 1.79 bits per heavy atom. The molecule has 5 heteroatoms. The summed E-state index contributed by atoms with van der Waals surface area (Å²) in [5.74, 6) is 0.903. The molecule has 2 amide bonds. The first-order valence-corrected chi connectivity index (χ1v) is 9.86. The summed E-state index contributed by atoms with van der Waals surface area (Å²) in [5, 5.41) is 3.07. The van der Waals surface area contributed by atoms with E-state index in [9.17, 15) is 9.59 Å². The maximum atomic E-state index is 12.4. The van der Waals surface area contributed by atoms with Crippen LogP contribution in [0.25, 0.3) is 0 Å². The highest BCUT2D eigenvalue weighted by molar-refractivity contribution is 5.94. The average Bonchev–Trinajstić information content (AvgIpc) is 2.71. The Morgan fingerprint density at radius 3 is 2.50 bits per heavy atom. The van der Waals surface area contributed by atoms with Crippen LogP contribution in [0.5, 0.6) is 5.75 Å². The summed E-state index contributed by atoms with van der Waals surface area (Å²) in [5.41, 5.74) is 2.89. The molecule has 2 aromatic rings. The van der Waals surface area contributed by atoms with Crippen LogP contribution in [0.3, 0.4) is 0 Å². The Balaban J connectivity index is 1.40. The number of likely N-dealkylation sites (tertiary alicyclic amines) is 1. The number of ether oxygens (including phenoxy) is 1. The smallest absolute Gasteiger partial charge is 0.251 e. The molecule has 1 fully saturated rings. The van der Waals surface area contributed by atoms with Gasteiger partial charge in [-0.25, -0.2) is 0 Å². The molecule has 28 heavy (non-hydrogen) atoms. The van der Waals surface area contributed by atoms with Gasteiger partial charge in [0.15, 0.2) is 0 Å². The molecule has 1 aliphatic rings. The Bertz CT molecular complexity index is 812. The van der Waals surface area contributed by atoms with Crippen molar-refractivity contribution in [3.8, 4) is 5.75 Å². The van der Waals surface area contributed by atoms with Crippen molar-refractivity contribution >= 4 is 11.8 Å².